The van der Waals surface area contributed by atoms with Crippen molar-refractivity contribution in [1.82, 2.24) is 4.31 Å². The van der Waals surface area contributed by atoms with Gasteiger partial charge in [-0.2, -0.15) is 4.31 Å². The molecule has 134 valence electrons. The van der Waals surface area contributed by atoms with Crippen LogP contribution in [0.15, 0.2) is 53.4 Å². The topological polar surface area (TPSA) is 46.6 Å². The minimum atomic E-state index is -3.68. The summed E-state index contributed by atoms with van der Waals surface area (Å²) in [6.45, 7) is 6.20. The van der Waals surface area contributed by atoms with Gasteiger partial charge in [-0.25, -0.2) is 8.42 Å². The quantitative estimate of drug-likeness (QED) is 0.803. The van der Waals surface area contributed by atoms with Crippen LogP contribution in [0.5, 0.6) is 0 Å². The Morgan fingerprint density at radius 1 is 1.16 bits per heavy atom. The number of nitrogens with zero attached hydrogens (tertiary/aromatic N) is 1. The van der Waals surface area contributed by atoms with E-state index in [0.29, 0.717) is 11.6 Å². The lowest BCUT2D eigenvalue weighted by atomic mass is 10.0. The Bertz CT molecular complexity index is 865. The summed E-state index contributed by atoms with van der Waals surface area (Å²) in [6.07, 6.45) is -0.287. The largest absolute Gasteiger partial charge is 0.370 e. The van der Waals surface area contributed by atoms with Crippen LogP contribution in [-0.2, 0) is 14.8 Å². The molecule has 2 aromatic carbocycles. The Balaban J connectivity index is 1.97. The Hall–Kier alpha value is -1.40. The minimum absolute atomic E-state index is 0.213. The SMILES string of the molecule is Cc1ccc(S(=O)(=O)N2CC(c3ccccc3)OCC2(C)C)cc1Cl. The van der Waals surface area contributed by atoms with Crippen molar-refractivity contribution >= 4 is 21.6 Å². The molecule has 1 heterocycles. The Labute approximate surface area is 154 Å². The van der Waals surface area contributed by atoms with Crippen LogP contribution in [-0.4, -0.2) is 31.4 Å². The first-order chi connectivity index (χ1) is 11.7. The standard InChI is InChI=1S/C19H22ClNO3S/c1-14-9-10-16(11-17(14)20)25(22,23)21-12-18(24-13-19(21,2)3)15-7-5-4-6-8-15/h4-11,18H,12-13H2,1-3H3. The highest BCUT2D eigenvalue weighted by Crippen LogP contribution is 2.35. The number of rotatable bonds is 3. The molecule has 1 saturated heterocycles. The van der Waals surface area contributed by atoms with Crippen molar-refractivity contribution in [2.75, 3.05) is 13.2 Å². The summed E-state index contributed by atoms with van der Waals surface area (Å²) in [5.41, 5.74) is 1.19. The number of hydrogen-bond acceptors (Lipinski definition) is 3. The lowest BCUT2D eigenvalue weighted by Gasteiger charge is -2.44. The first kappa shape index (κ1) is 18.4. The molecule has 1 aliphatic rings. The number of sulfonamides is 1. The van der Waals surface area contributed by atoms with Crippen LogP contribution in [0, 0.1) is 6.92 Å². The van der Waals surface area contributed by atoms with Crippen LogP contribution in [0.1, 0.15) is 31.1 Å². The van der Waals surface area contributed by atoms with Crippen molar-refractivity contribution in [3.05, 3.63) is 64.7 Å². The van der Waals surface area contributed by atoms with E-state index in [1.165, 1.54) is 10.4 Å². The molecule has 0 saturated carbocycles. The molecule has 6 heteroatoms. The van der Waals surface area contributed by atoms with E-state index in [1.54, 1.807) is 12.1 Å². The zero-order valence-electron chi connectivity index (χ0n) is 14.6. The lowest BCUT2D eigenvalue weighted by molar-refractivity contribution is -0.0655. The second-order valence-electron chi connectivity index (χ2n) is 6.97. The van der Waals surface area contributed by atoms with Gasteiger partial charge in [-0.15, -0.1) is 0 Å². The molecule has 1 atom stereocenters. The number of benzene rings is 2. The fourth-order valence-electron chi connectivity index (χ4n) is 2.98. The number of aryl methyl sites for hydroxylation is 1. The van der Waals surface area contributed by atoms with Gasteiger partial charge in [-0.3, -0.25) is 0 Å². The lowest BCUT2D eigenvalue weighted by Crippen LogP contribution is -2.56. The maximum absolute atomic E-state index is 13.3. The van der Waals surface area contributed by atoms with Gasteiger partial charge in [0, 0.05) is 11.6 Å². The molecule has 0 spiro atoms. The number of morpholine rings is 1. The first-order valence-corrected chi connectivity index (χ1v) is 9.99. The maximum atomic E-state index is 13.3. The number of ether oxygens (including phenoxy) is 1. The molecular weight excluding hydrogens is 358 g/mol. The minimum Gasteiger partial charge on any atom is -0.370 e. The molecule has 1 aliphatic heterocycles. The van der Waals surface area contributed by atoms with Crippen LogP contribution in [0.25, 0.3) is 0 Å². The molecule has 3 rings (SSSR count). The molecule has 0 bridgehead atoms. The molecule has 4 nitrogen and oxygen atoms in total. The first-order valence-electron chi connectivity index (χ1n) is 8.17. The molecule has 1 unspecified atom stereocenters. The number of halogens is 1. The van der Waals surface area contributed by atoms with Gasteiger partial charge in [0.05, 0.1) is 23.1 Å². The highest BCUT2D eigenvalue weighted by Gasteiger charge is 2.43. The van der Waals surface area contributed by atoms with Crippen molar-refractivity contribution in [1.29, 1.82) is 0 Å². The second kappa shape index (κ2) is 6.72. The predicted molar refractivity (Wildman–Crippen MR) is 99.3 cm³/mol. The van der Waals surface area contributed by atoms with Crippen molar-refractivity contribution in [3.8, 4) is 0 Å². The molecule has 0 aliphatic carbocycles. The van der Waals surface area contributed by atoms with Crippen LogP contribution in [0.2, 0.25) is 5.02 Å². The van der Waals surface area contributed by atoms with Gasteiger partial charge in [0.1, 0.15) is 0 Å². The van der Waals surface area contributed by atoms with E-state index in [4.69, 9.17) is 16.3 Å². The second-order valence-corrected chi connectivity index (χ2v) is 9.24. The van der Waals surface area contributed by atoms with Crippen LogP contribution >= 0.6 is 11.6 Å². The normalized spacial score (nSPS) is 21.2. The van der Waals surface area contributed by atoms with Crippen LogP contribution < -0.4 is 0 Å². The molecule has 25 heavy (non-hydrogen) atoms. The number of hydrogen-bond donors (Lipinski definition) is 0. The predicted octanol–water partition coefficient (Wildman–Crippen LogP) is 4.19. The van der Waals surface area contributed by atoms with E-state index in [1.807, 2.05) is 51.1 Å². The highest BCUT2D eigenvalue weighted by atomic mass is 35.5. The molecule has 2 aromatic rings. The zero-order chi connectivity index (χ0) is 18.2. The van der Waals surface area contributed by atoms with E-state index in [2.05, 4.69) is 0 Å². The van der Waals surface area contributed by atoms with Crippen LogP contribution in [0.3, 0.4) is 0 Å². The maximum Gasteiger partial charge on any atom is 0.243 e. The molecule has 0 radical (unpaired) electrons. The summed E-state index contributed by atoms with van der Waals surface area (Å²) in [5, 5.41) is 0.451. The molecular formula is C19H22ClNO3S. The van der Waals surface area contributed by atoms with E-state index >= 15 is 0 Å². The molecule has 0 N–H and O–H groups in total. The molecule has 0 amide bonds. The van der Waals surface area contributed by atoms with Gasteiger partial charge in [0.15, 0.2) is 0 Å². The monoisotopic (exact) mass is 379 g/mol. The summed E-state index contributed by atoms with van der Waals surface area (Å²) in [4.78, 5) is 0.213. The van der Waals surface area contributed by atoms with Gasteiger partial charge < -0.3 is 4.74 Å². The third kappa shape index (κ3) is 3.60. The fourth-order valence-corrected chi connectivity index (χ4v) is 5.02. The summed E-state index contributed by atoms with van der Waals surface area (Å²) in [7, 11) is -3.68. The summed E-state index contributed by atoms with van der Waals surface area (Å²) in [6, 6.07) is 14.6. The summed E-state index contributed by atoms with van der Waals surface area (Å²) < 4.78 is 34.0. The van der Waals surface area contributed by atoms with Crippen molar-refractivity contribution in [3.63, 3.8) is 0 Å². The van der Waals surface area contributed by atoms with Gasteiger partial charge in [0.2, 0.25) is 10.0 Å². The highest BCUT2D eigenvalue weighted by molar-refractivity contribution is 7.89. The van der Waals surface area contributed by atoms with Crippen molar-refractivity contribution < 1.29 is 13.2 Å². The fraction of sp³-hybridized carbons (Fsp3) is 0.368. The Morgan fingerprint density at radius 3 is 2.48 bits per heavy atom. The zero-order valence-corrected chi connectivity index (χ0v) is 16.1. The molecule has 0 aromatic heterocycles. The summed E-state index contributed by atoms with van der Waals surface area (Å²) >= 11 is 6.15. The van der Waals surface area contributed by atoms with Crippen LogP contribution in [0.4, 0.5) is 0 Å². The molecule has 1 fully saturated rings. The van der Waals surface area contributed by atoms with Gasteiger partial charge in [-0.05, 0) is 44.0 Å². The van der Waals surface area contributed by atoms with E-state index < -0.39 is 15.6 Å². The third-order valence-electron chi connectivity index (χ3n) is 4.55. The Morgan fingerprint density at radius 2 is 1.84 bits per heavy atom. The van der Waals surface area contributed by atoms with Gasteiger partial charge in [-0.1, -0.05) is 48.0 Å². The smallest absolute Gasteiger partial charge is 0.243 e. The third-order valence-corrected chi connectivity index (χ3v) is 7.03. The Kier molecular flexibility index (Phi) is 4.95. The van der Waals surface area contributed by atoms with Crippen molar-refractivity contribution in [2.45, 2.75) is 37.3 Å². The van der Waals surface area contributed by atoms with Gasteiger partial charge >= 0.3 is 0 Å². The average molecular weight is 380 g/mol. The van der Waals surface area contributed by atoms with Crippen molar-refractivity contribution in [2.24, 2.45) is 0 Å². The van der Waals surface area contributed by atoms with Gasteiger partial charge in [0.25, 0.3) is 0 Å². The van der Waals surface area contributed by atoms with E-state index in [9.17, 15) is 8.42 Å². The average Bonchev–Trinajstić information content (AvgIpc) is 2.57. The van der Waals surface area contributed by atoms with E-state index in [0.717, 1.165) is 11.1 Å². The van der Waals surface area contributed by atoms with E-state index in [-0.39, 0.29) is 17.5 Å². The summed E-state index contributed by atoms with van der Waals surface area (Å²) in [5.74, 6) is 0.